The fourth-order valence-corrected chi connectivity index (χ4v) is 3.44. The average molecular weight is 440 g/mol. The molecule has 4 aromatic rings. The topological polar surface area (TPSA) is 72.0 Å². The molecule has 158 valence electrons. The molecule has 5 heteroatoms. The summed E-state index contributed by atoms with van der Waals surface area (Å²) in [6, 6.07) is 27.3. The number of fused-ring (bicyclic) bond motifs is 1. The third-order valence-corrected chi connectivity index (χ3v) is 5.22. The first-order chi connectivity index (χ1) is 15.6. The van der Waals surface area contributed by atoms with Crippen LogP contribution in [0.2, 0.25) is 5.02 Å². The summed E-state index contributed by atoms with van der Waals surface area (Å²) in [4.78, 5) is 4.64. The summed E-state index contributed by atoms with van der Waals surface area (Å²) in [5.41, 5.74) is 11.3. The van der Waals surface area contributed by atoms with E-state index in [1.54, 1.807) is 6.08 Å². The van der Waals surface area contributed by atoms with Crippen molar-refractivity contribution in [3.05, 3.63) is 119 Å². The summed E-state index contributed by atoms with van der Waals surface area (Å²) in [7, 11) is 0. The Morgan fingerprint density at radius 3 is 2.44 bits per heavy atom. The van der Waals surface area contributed by atoms with Crippen molar-refractivity contribution < 1.29 is 4.74 Å². The van der Waals surface area contributed by atoms with E-state index in [9.17, 15) is 0 Å². The van der Waals surface area contributed by atoms with Gasteiger partial charge in [-0.25, -0.2) is 4.98 Å². The Morgan fingerprint density at radius 2 is 1.69 bits per heavy atom. The van der Waals surface area contributed by atoms with Crippen molar-refractivity contribution >= 4 is 40.4 Å². The molecule has 0 radical (unpaired) electrons. The van der Waals surface area contributed by atoms with E-state index < -0.39 is 0 Å². The molecule has 3 N–H and O–H groups in total. The van der Waals surface area contributed by atoms with Crippen LogP contribution in [-0.2, 0) is 6.61 Å². The van der Waals surface area contributed by atoms with E-state index >= 15 is 0 Å². The van der Waals surface area contributed by atoms with E-state index in [-0.39, 0.29) is 0 Å². The number of ether oxygens (including phenoxy) is 1. The van der Waals surface area contributed by atoms with Crippen LogP contribution in [0.1, 0.15) is 16.8 Å². The quantitative estimate of drug-likeness (QED) is 0.196. The third-order valence-electron chi connectivity index (χ3n) is 4.96. The smallest absolute Gasteiger partial charge is 0.130 e. The molecule has 1 heterocycles. The highest BCUT2D eigenvalue weighted by atomic mass is 35.5. The molecule has 3 aromatic carbocycles. The van der Waals surface area contributed by atoms with E-state index in [0.717, 1.165) is 39.0 Å². The van der Waals surface area contributed by atoms with Gasteiger partial charge in [0.1, 0.15) is 12.4 Å². The maximum atomic E-state index is 7.37. The molecule has 0 aliphatic rings. The minimum Gasteiger partial charge on any atom is -0.487 e. The first kappa shape index (κ1) is 21.3. The van der Waals surface area contributed by atoms with Gasteiger partial charge in [0.25, 0.3) is 0 Å². The van der Waals surface area contributed by atoms with E-state index in [0.29, 0.717) is 17.3 Å². The molecule has 32 heavy (non-hydrogen) atoms. The molecule has 4 nitrogen and oxygen atoms in total. The van der Waals surface area contributed by atoms with Crippen LogP contribution in [0.4, 0.5) is 0 Å². The summed E-state index contributed by atoms with van der Waals surface area (Å²) >= 11 is 5.99. The molecule has 0 saturated heterocycles. The van der Waals surface area contributed by atoms with E-state index in [4.69, 9.17) is 27.5 Å². The van der Waals surface area contributed by atoms with Crippen molar-refractivity contribution in [1.82, 2.24) is 4.98 Å². The SMILES string of the molecule is N=C/C=C(N)/C(=C/c1ccc(Cl)cc1)c1ccc(OCc2ccc3ccccc3n2)cc1. The first-order valence-corrected chi connectivity index (χ1v) is 10.5. The fraction of sp³-hybridized carbons (Fsp3) is 0.0370. The molecule has 0 spiro atoms. The zero-order chi connectivity index (χ0) is 22.3. The Morgan fingerprint density at radius 1 is 0.938 bits per heavy atom. The fourth-order valence-electron chi connectivity index (χ4n) is 3.32. The number of benzene rings is 3. The molecule has 0 unspecified atom stereocenters. The Bertz CT molecular complexity index is 1290. The van der Waals surface area contributed by atoms with Gasteiger partial charge in [0, 0.05) is 27.9 Å². The number of allylic oxidation sites excluding steroid dienone is 2. The van der Waals surface area contributed by atoms with Gasteiger partial charge < -0.3 is 15.9 Å². The Balaban J connectivity index is 1.53. The van der Waals surface area contributed by atoms with Crippen molar-refractivity contribution in [2.24, 2.45) is 5.73 Å². The van der Waals surface area contributed by atoms with Crippen LogP contribution in [0.5, 0.6) is 5.75 Å². The van der Waals surface area contributed by atoms with Gasteiger partial charge in [-0.1, -0.05) is 60.1 Å². The van der Waals surface area contributed by atoms with Crippen LogP contribution in [-0.4, -0.2) is 11.2 Å². The maximum Gasteiger partial charge on any atom is 0.130 e. The highest BCUT2D eigenvalue weighted by Gasteiger charge is 2.07. The van der Waals surface area contributed by atoms with Gasteiger partial charge in [0.05, 0.1) is 11.2 Å². The lowest BCUT2D eigenvalue weighted by Crippen LogP contribution is -2.02. The van der Waals surface area contributed by atoms with E-state index in [1.165, 1.54) is 6.21 Å². The molecule has 0 aliphatic carbocycles. The van der Waals surface area contributed by atoms with Gasteiger partial charge in [-0.05, 0) is 59.7 Å². The van der Waals surface area contributed by atoms with Gasteiger partial charge in [0.15, 0.2) is 0 Å². The number of nitrogens with zero attached hydrogens (tertiary/aromatic N) is 1. The Labute approximate surface area is 192 Å². The molecule has 1 aromatic heterocycles. The Kier molecular flexibility index (Phi) is 6.63. The summed E-state index contributed by atoms with van der Waals surface area (Å²) < 4.78 is 5.94. The van der Waals surface area contributed by atoms with E-state index in [2.05, 4.69) is 11.1 Å². The zero-order valence-electron chi connectivity index (χ0n) is 17.3. The van der Waals surface area contributed by atoms with Gasteiger partial charge >= 0.3 is 0 Å². The minimum atomic E-state index is 0.382. The average Bonchev–Trinajstić information content (AvgIpc) is 2.83. The second-order valence-corrected chi connectivity index (χ2v) is 7.64. The van der Waals surface area contributed by atoms with Crippen LogP contribution in [0.25, 0.3) is 22.6 Å². The molecular weight excluding hydrogens is 418 g/mol. The molecule has 4 rings (SSSR count). The number of hydrogen-bond acceptors (Lipinski definition) is 4. The van der Waals surface area contributed by atoms with Crippen LogP contribution >= 0.6 is 11.6 Å². The van der Waals surface area contributed by atoms with Crippen molar-refractivity contribution in [2.45, 2.75) is 6.61 Å². The zero-order valence-corrected chi connectivity index (χ0v) is 18.1. The van der Waals surface area contributed by atoms with Crippen LogP contribution in [0, 0.1) is 5.41 Å². The number of rotatable bonds is 7. The molecule has 0 atom stereocenters. The van der Waals surface area contributed by atoms with Gasteiger partial charge in [-0.3, -0.25) is 0 Å². The number of aromatic nitrogens is 1. The Hall–Kier alpha value is -3.89. The molecule has 0 aliphatic heterocycles. The lowest BCUT2D eigenvalue weighted by molar-refractivity contribution is 0.302. The highest BCUT2D eigenvalue weighted by Crippen LogP contribution is 2.26. The number of hydrogen-bond donors (Lipinski definition) is 2. The lowest BCUT2D eigenvalue weighted by atomic mass is 9.99. The third kappa shape index (κ3) is 5.23. The van der Waals surface area contributed by atoms with Crippen LogP contribution in [0.15, 0.2) is 96.7 Å². The first-order valence-electron chi connectivity index (χ1n) is 10.1. The minimum absolute atomic E-state index is 0.382. The highest BCUT2D eigenvalue weighted by molar-refractivity contribution is 6.30. The molecule has 0 saturated carbocycles. The van der Waals surface area contributed by atoms with Crippen molar-refractivity contribution in [3.63, 3.8) is 0 Å². The molecular formula is C27H22ClN3O. The summed E-state index contributed by atoms with van der Waals surface area (Å²) in [5, 5.41) is 9.15. The van der Waals surface area contributed by atoms with Crippen molar-refractivity contribution in [1.29, 1.82) is 5.41 Å². The predicted molar refractivity (Wildman–Crippen MR) is 133 cm³/mol. The number of nitrogens with two attached hydrogens (primary N) is 1. The number of nitrogens with one attached hydrogen (secondary N) is 1. The summed E-state index contributed by atoms with van der Waals surface area (Å²) in [5.74, 6) is 0.740. The lowest BCUT2D eigenvalue weighted by Gasteiger charge is -2.11. The second kappa shape index (κ2) is 9.94. The standard InChI is InChI=1S/C27H22ClN3O/c28-22-10-5-19(6-11-22)17-25(26(30)15-16-29)20-8-13-24(14-9-20)32-18-23-12-7-21-3-1-2-4-27(21)31-23/h1-17,29H,18,30H2/b25-17+,26-15-,29-16?. The van der Waals surface area contributed by atoms with Crippen molar-refractivity contribution in [3.8, 4) is 5.75 Å². The van der Waals surface area contributed by atoms with Gasteiger partial charge in [-0.2, -0.15) is 0 Å². The number of para-hydroxylation sites is 1. The number of halogens is 1. The second-order valence-electron chi connectivity index (χ2n) is 7.21. The summed E-state index contributed by atoms with van der Waals surface area (Å²) in [6.07, 6.45) is 4.72. The van der Waals surface area contributed by atoms with E-state index in [1.807, 2.05) is 84.9 Å². The number of pyridine rings is 1. The van der Waals surface area contributed by atoms with Crippen LogP contribution < -0.4 is 10.5 Å². The normalized spacial score (nSPS) is 12.0. The molecule has 0 fully saturated rings. The van der Waals surface area contributed by atoms with Gasteiger partial charge in [-0.15, -0.1) is 0 Å². The monoisotopic (exact) mass is 439 g/mol. The van der Waals surface area contributed by atoms with Crippen LogP contribution in [0.3, 0.4) is 0 Å². The predicted octanol–water partition coefficient (Wildman–Crippen LogP) is 6.50. The van der Waals surface area contributed by atoms with Crippen molar-refractivity contribution in [2.75, 3.05) is 0 Å². The summed E-state index contributed by atoms with van der Waals surface area (Å²) in [6.45, 7) is 0.382. The van der Waals surface area contributed by atoms with Gasteiger partial charge in [0.2, 0.25) is 0 Å². The molecule has 0 amide bonds. The maximum absolute atomic E-state index is 7.37. The molecule has 0 bridgehead atoms. The largest absolute Gasteiger partial charge is 0.487 e.